The highest BCUT2D eigenvalue weighted by Gasteiger charge is 2.11. The Morgan fingerprint density at radius 2 is 2.19 bits per heavy atom. The van der Waals surface area contributed by atoms with Crippen molar-refractivity contribution in [3.8, 4) is 0 Å². The van der Waals surface area contributed by atoms with Crippen LogP contribution >= 0.6 is 12.6 Å². The minimum absolute atomic E-state index is 0.149. The minimum Gasteiger partial charge on any atom is -0.478 e. The highest BCUT2D eigenvalue weighted by molar-refractivity contribution is 7.80. The van der Waals surface area contributed by atoms with Gasteiger partial charge in [0.2, 0.25) is 5.91 Å². The first-order valence-electron chi connectivity index (χ1n) is 4.79. The summed E-state index contributed by atoms with van der Waals surface area (Å²) in [5.74, 6) is -0.947. The van der Waals surface area contributed by atoms with Gasteiger partial charge in [0.1, 0.15) is 0 Å². The van der Waals surface area contributed by atoms with Crippen molar-refractivity contribution in [1.29, 1.82) is 0 Å². The fourth-order valence-electron chi connectivity index (χ4n) is 1.08. The van der Waals surface area contributed by atoms with E-state index in [1.165, 1.54) is 12.1 Å². The van der Waals surface area contributed by atoms with Gasteiger partial charge in [-0.05, 0) is 18.2 Å². The molecule has 0 fully saturated rings. The second-order valence-electron chi connectivity index (χ2n) is 3.46. The highest BCUT2D eigenvalue weighted by Crippen LogP contribution is 2.12. The monoisotopic (exact) mass is 239 g/mol. The molecule has 0 saturated carbocycles. The van der Waals surface area contributed by atoms with E-state index >= 15 is 0 Å². The molecule has 1 unspecified atom stereocenters. The van der Waals surface area contributed by atoms with E-state index in [0.29, 0.717) is 11.4 Å². The third kappa shape index (κ3) is 3.27. The average Bonchev–Trinajstić information content (AvgIpc) is 2.28. The molecule has 0 radical (unpaired) electrons. The Labute approximate surface area is 99.1 Å². The number of hydrogen-bond acceptors (Lipinski definition) is 3. The Balaban J connectivity index is 2.78. The number of carbonyl (C=O) groups excluding carboxylic acids is 1. The van der Waals surface area contributed by atoms with Crippen LogP contribution in [-0.2, 0) is 4.79 Å². The molecular formula is C11H13NO3S. The standard InChI is InChI=1S/C11H13NO3S/c1-7(6-16)10(13)12-9-4-2-3-8(5-9)11(14)15/h2-5,7,16H,6H2,1H3,(H,12,13)(H,14,15). The van der Waals surface area contributed by atoms with E-state index in [1.807, 2.05) is 0 Å². The molecule has 1 amide bonds. The smallest absolute Gasteiger partial charge is 0.335 e. The Bertz CT molecular complexity index is 406. The predicted molar refractivity (Wildman–Crippen MR) is 65.0 cm³/mol. The first-order chi connectivity index (χ1) is 7.54. The molecule has 1 rings (SSSR count). The van der Waals surface area contributed by atoms with Crippen LogP contribution in [-0.4, -0.2) is 22.7 Å². The van der Waals surface area contributed by atoms with Crippen molar-refractivity contribution < 1.29 is 14.7 Å². The number of carboxylic acids is 1. The summed E-state index contributed by atoms with van der Waals surface area (Å²) in [7, 11) is 0. The van der Waals surface area contributed by atoms with Crippen LogP contribution in [0.4, 0.5) is 5.69 Å². The van der Waals surface area contributed by atoms with Crippen molar-refractivity contribution in [2.75, 3.05) is 11.1 Å². The Morgan fingerprint density at radius 1 is 1.50 bits per heavy atom. The van der Waals surface area contributed by atoms with Gasteiger partial charge in [0.25, 0.3) is 0 Å². The Kier molecular flexibility index (Phi) is 4.37. The first-order valence-corrected chi connectivity index (χ1v) is 5.43. The topological polar surface area (TPSA) is 66.4 Å². The maximum absolute atomic E-state index is 11.5. The Morgan fingerprint density at radius 3 is 2.75 bits per heavy atom. The molecule has 16 heavy (non-hydrogen) atoms. The zero-order chi connectivity index (χ0) is 12.1. The molecule has 0 aliphatic heterocycles. The second kappa shape index (κ2) is 5.55. The van der Waals surface area contributed by atoms with Gasteiger partial charge in [-0.25, -0.2) is 4.79 Å². The molecule has 0 aliphatic carbocycles. The summed E-state index contributed by atoms with van der Waals surface area (Å²) in [4.78, 5) is 22.2. The average molecular weight is 239 g/mol. The minimum atomic E-state index is -1.02. The van der Waals surface area contributed by atoms with E-state index in [0.717, 1.165) is 0 Å². The van der Waals surface area contributed by atoms with E-state index < -0.39 is 5.97 Å². The lowest BCUT2D eigenvalue weighted by Gasteiger charge is -2.09. The summed E-state index contributed by atoms with van der Waals surface area (Å²) >= 11 is 4.02. The molecule has 5 heteroatoms. The van der Waals surface area contributed by atoms with E-state index in [9.17, 15) is 9.59 Å². The van der Waals surface area contributed by atoms with Gasteiger partial charge in [0, 0.05) is 17.4 Å². The lowest BCUT2D eigenvalue weighted by atomic mass is 10.1. The lowest BCUT2D eigenvalue weighted by molar-refractivity contribution is -0.118. The summed E-state index contributed by atoms with van der Waals surface area (Å²) in [6.45, 7) is 1.75. The van der Waals surface area contributed by atoms with Gasteiger partial charge in [0.15, 0.2) is 0 Å². The molecule has 0 bridgehead atoms. The van der Waals surface area contributed by atoms with Crippen LogP contribution in [0.25, 0.3) is 0 Å². The van der Waals surface area contributed by atoms with Gasteiger partial charge in [-0.2, -0.15) is 12.6 Å². The molecule has 0 aromatic heterocycles. The van der Waals surface area contributed by atoms with Gasteiger partial charge in [0.05, 0.1) is 5.56 Å². The maximum Gasteiger partial charge on any atom is 0.335 e. The number of aromatic carboxylic acids is 1. The SMILES string of the molecule is CC(CS)C(=O)Nc1cccc(C(=O)O)c1. The van der Waals surface area contributed by atoms with Crippen molar-refractivity contribution in [1.82, 2.24) is 0 Å². The van der Waals surface area contributed by atoms with Gasteiger partial charge in [-0.3, -0.25) is 4.79 Å². The predicted octanol–water partition coefficient (Wildman–Crippen LogP) is 1.89. The van der Waals surface area contributed by atoms with Crippen molar-refractivity contribution in [3.05, 3.63) is 29.8 Å². The van der Waals surface area contributed by atoms with E-state index in [1.54, 1.807) is 19.1 Å². The van der Waals surface area contributed by atoms with E-state index in [2.05, 4.69) is 17.9 Å². The normalized spacial score (nSPS) is 11.9. The van der Waals surface area contributed by atoms with E-state index in [4.69, 9.17) is 5.11 Å². The number of thiol groups is 1. The van der Waals surface area contributed by atoms with Gasteiger partial charge < -0.3 is 10.4 Å². The molecule has 1 aromatic carbocycles. The fraction of sp³-hybridized carbons (Fsp3) is 0.273. The van der Waals surface area contributed by atoms with Crippen molar-refractivity contribution in [2.45, 2.75) is 6.92 Å². The summed E-state index contributed by atoms with van der Waals surface area (Å²) in [6, 6.07) is 6.13. The summed E-state index contributed by atoms with van der Waals surface area (Å²) < 4.78 is 0. The van der Waals surface area contributed by atoms with Crippen LogP contribution in [0.3, 0.4) is 0 Å². The number of nitrogens with one attached hydrogen (secondary N) is 1. The van der Waals surface area contributed by atoms with Crippen LogP contribution in [0.15, 0.2) is 24.3 Å². The quantitative estimate of drug-likeness (QED) is 0.703. The number of hydrogen-bond donors (Lipinski definition) is 3. The highest BCUT2D eigenvalue weighted by atomic mass is 32.1. The summed E-state index contributed by atoms with van der Waals surface area (Å²) in [6.07, 6.45) is 0. The molecule has 0 heterocycles. The second-order valence-corrected chi connectivity index (χ2v) is 3.82. The van der Waals surface area contributed by atoms with Crippen LogP contribution < -0.4 is 5.32 Å². The lowest BCUT2D eigenvalue weighted by Crippen LogP contribution is -2.21. The van der Waals surface area contributed by atoms with E-state index in [-0.39, 0.29) is 17.4 Å². The van der Waals surface area contributed by atoms with Gasteiger partial charge in [-0.1, -0.05) is 13.0 Å². The van der Waals surface area contributed by atoms with Crippen molar-refractivity contribution in [3.63, 3.8) is 0 Å². The molecule has 2 N–H and O–H groups in total. The molecule has 0 spiro atoms. The number of carboxylic acid groups (broad SMARTS) is 1. The molecule has 1 atom stereocenters. The third-order valence-corrected chi connectivity index (χ3v) is 2.65. The number of anilines is 1. The van der Waals surface area contributed by atoms with Crippen molar-refractivity contribution in [2.24, 2.45) is 5.92 Å². The zero-order valence-electron chi connectivity index (χ0n) is 8.80. The third-order valence-electron chi connectivity index (χ3n) is 2.10. The van der Waals surface area contributed by atoms with Crippen LogP contribution in [0.2, 0.25) is 0 Å². The first kappa shape index (κ1) is 12.6. The maximum atomic E-state index is 11.5. The molecule has 0 aliphatic rings. The number of rotatable bonds is 4. The van der Waals surface area contributed by atoms with Crippen LogP contribution in [0, 0.1) is 5.92 Å². The molecule has 86 valence electrons. The van der Waals surface area contributed by atoms with Gasteiger partial charge in [-0.15, -0.1) is 0 Å². The molecule has 0 saturated heterocycles. The summed E-state index contributed by atoms with van der Waals surface area (Å²) in [5, 5.41) is 11.4. The van der Waals surface area contributed by atoms with Crippen molar-refractivity contribution >= 4 is 30.2 Å². The molecule has 4 nitrogen and oxygen atoms in total. The fourth-order valence-corrected chi connectivity index (χ4v) is 1.24. The zero-order valence-corrected chi connectivity index (χ0v) is 9.70. The van der Waals surface area contributed by atoms with Gasteiger partial charge >= 0.3 is 5.97 Å². The van der Waals surface area contributed by atoms with Crippen LogP contribution in [0.1, 0.15) is 17.3 Å². The largest absolute Gasteiger partial charge is 0.478 e. The molecular weight excluding hydrogens is 226 g/mol. The molecule has 1 aromatic rings. The Hall–Kier alpha value is -1.49. The number of benzene rings is 1. The number of carbonyl (C=O) groups is 2. The number of amides is 1. The summed E-state index contributed by atoms with van der Waals surface area (Å²) in [5.41, 5.74) is 0.634. The van der Waals surface area contributed by atoms with Crippen LogP contribution in [0.5, 0.6) is 0 Å².